The van der Waals surface area contributed by atoms with Crippen molar-refractivity contribution in [2.45, 2.75) is 25.1 Å². The fourth-order valence-electron chi connectivity index (χ4n) is 1.10. The second-order valence-corrected chi connectivity index (χ2v) is 6.85. The zero-order valence-electron chi connectivity index (χ0n) is 8.60. The molecule has 0 fully saturated rings. The van der Waals surface area contributed by atoms with Crippen LogP contribution in [0, 0.1) is 11.3 Å². The van der Waals surface area contributed by atoms with Gasteiger partial charge in [0, 0.05) is 11.4 Å². The summed E-state index contributed by atoms with van der Waals surface area (Å²) < 4.78 is 26.2. The van der Waals surface area contributed by atoms with Crippen molar-refractivity contribution in [2.75, 3.05) is 0 Å². The number of thiophene rings is 1. The first kappa shape index (κ1) is 13.5. The zero-order valence-corrected chi connectivity index (χ0v) is 11.0. The van der Waals surface area contributed by atoms with Crippen molar-refractivity contribution >= 4 is 33.0 Å². The first-order valence-corrected chi connectivity index (χ1v) is 7.36. The van der Waals surface area contributed by atoms with Gasteiger partial charge in [-0.1, -0.05) is 18.5 Å². The van der Waals surface area contributed by atoms with Crippen LogP contribution >= 0.6 is 22.9 Å². The number of halogens is 1. The molecule has 0 aromatic carbocycles. The predicted molar refractivity (Wildman–Crippen MR) is 64.8 cm³/mol. The fraction of sp³-hybridized carbons (Fsp3) is 0.444. The van der Waals surface area contributed by atoms with E-state index >= 15 is 0 Å². The highest BCUT2D eigenvalue weighted by molar-refractivity contribution is 7.90. The van der Waals surface area contributed by atoms with Crippen LogP contribution in [0.1, 0.15) is 18.2 Å². The van der Waals surface area contributed by atoms with Crippen LogP contribution in [-0.2, 0) is 16.6 Å². The molecule has 0 aliphatic carbocycles. The zero-order chi connectivity index (χ0) is 12.2. The highest BCUT2D eigenvalue weighted by atomic mass is 35.5. The second kappa shape index (κ2) is 5.64. The lowest BCUT2D eigenvalue weighted by Crippen LogP contribution is -2.32. The van der Waals surface area contributed by atoms with E-state index in [1.54, 1.807) is 25.1 Å². The Kier molecular flexibility index (Phi) is 4.74. The monoisotopic (exact) mass is 278 g/mol. The molecule has 4 nitrogen and oxygen atoms in total. The van der Waals surface area contributed by atoms with Gasteiger partial charge in [-0.3, -0.25) is 0 Å². The van der Waals surface area contributed by atoms with Crippen LogP contribution in [0.25, 0.3) is 0 Å². The number of hydrogen-bond acceptors (Lipinski definition) is 4. The Balaban J connectivity index is 2.65. The summed E-state index contributed by atoms with van der Waals surface area (Å²) in [5, 5.41) is 7.68. The molecule has 0 bridgehead atoms. The van der Waals surface area contributed by atoms with Crippen LogP contribution in [0.15, 0.2) is 12.1 Å². The Morgan fingerprint density at radius 1 is 1.62 bits per heavy atom. The van der Waals surface area contributed by atoms with Gasteiger partial charge in [0.1, 0.15) is 0 Å². The van der Waals surface area contributed by atoms with E-state index < -0.39 is 15.3 Å². The number of nitrogens with zero attached hydrogens (tertiary/aromatic N) is 1. The molecule has 0 amide bonds. The quantitative estimate of drug-likeness (QED) is 0.897. The third-order valence-corrected chi connectivity index (χ3v) is 4.93. The maximum absolute atomic E-state index is 11.6. The summed E-state index contributed by atoms with van der Waals surface area (Å²) in [7, 11) is -3.56. The molecule has 0 aliphatic heterocycles. The van der Waals surface area contributed by atoms with Gasteiger partial charge in [0.25, 0.3) is 0 Å². The van der Waals surface area contributed by atoms with Gasteiger partial charge < -0.3 is 0 Å². The highest BCUT2D eigenvalue weighted by Gasteiger charge is 2.22. The average Bonchev–Trinajstić information content (AvgIpc) is 2.63. The van der Waals surface area contributed by atoms with E-state index in [1.165, 1.54) is 11.3 Å². The van der Waals surface area contributed by atoms with Crippen LogP contribution < -0.4 is 4.72 Å². The van der Waals surface area contributed by atoms with Crippen LogP contribution in [-0.4, -0.2) is 13.7 Å². The highest BCUT2D eigenvalue weighted by Crippen LogP contribution is 2.21. The molecule has 1 aromatic rings. The Morgan fingerprint density at radius 2 is 2.31 bits per heavy atom. The molecule has 0 saturated heterocycles. The maximum atomic E-state index is 11.6. The first-order chi connectivity index (χ1) is 7.49. The third kappa shape index (κ3) is 3.46. The number of sulfonamides is 1. The average molecular weight is 279 g/mol. The minimum atomic E-state index is -3.56. The summed E-state index contributed by atoms with van der Waals surface area (Å²) in [6.45, 7) is 1.84. The van der Waals surface area contributed by atoms with E-state index in [0.29, 0.717) is 4.34 Å². The fourth-order valence-corrected chi connectivity index (χ4v) is 3.35. The molecular weight excluding hydrogens is 268 g/mol. The van der Waals surface area contributed by atoms with Gasteiger partial charge in [-0.25, -0.2) is 13.1 Å². The standard InChI is InChI=1S/C9H11ClN2O2S2/c1-2-8(5-11)16(13,14)12-6-7-3-4-9(10)15-7/h3-4,8,12H,2,6H2,1H3. The van der Waals surface area contributed by atoms with Crippen molar-refractivity contribution in [3.8, 4) is 6.07 Å². The molecule has 0 saturated carbocycles. The van der Waals surface area contributed by atoms with Crippen LogP contribution in [0.3, 0.4) is 0 Å². The molecule has 16 heavy (non-hydrogen) atoms. The normalized spacial score (nSPS) is 13.3. The minimum absolute atomic E-state index is 0.178. The Hall–Kier alpha value is -0.610. The number of nitrogens with one attached hydrogen (secondary N) is 1. The molecule has 7 heteroatoms. The van der Waals surface area contributed by atoms with Gasteiger partial charge in [0.05, 0.1) is 10.4 Å². The molecule has 0 spiro atoms. The molecule has 1 heterocycles. The molecular formula is C9H11ClN2O2S2. The number of nitriles is 1. The van der Waals surface area contributed by atoms with Crippen molar-refractivity contribution in [1.29, 1.82) is 5.26 Å². The molecule has 1 rings (SSSR count). The van der Waals surface area contributed by atoms with Crippen molar-refractivity contribution in [3.05, 3.63) is 21.3 Å². The molecule has 0 radical (unpaired) electrons. The molecule has 0 aliphatic rings. The summed E-state index contributed by atoms with van der Waals surface area (Å²) in [5.74, 6) is 0. The van der Waals surface area contributed by atoms with Crippen LogP contribution in [0.2, 0.25) is 4.34 Å². The molecule has 1 atom stereocenters. The molecule has 1 unspecified atom stereocenters. The molecule has 1 N–H and O–H groups in total. The Bertz CT molecular complexity index is 490. The van der Waals surface area contributed by atoms with Gasteiger partial charge in [0.2, 0.25) is 10.0 Å². The molecule has 1 aromatic heterocycles. The lowest BCUT2D eigenvalue weighted by Gasteiger charge is -2.08. The first-order valence-electron chi connectivity index (χ1n) is 4.62. The van der Waals surface area contributed by atoms with Crippen molar-refractivity contribution in [3.63, 3.8) is 0 Å². The largest absolute Gasteiger partial charge is 0.228 e. The third-order valence-electron chi connectivity index (χ3n) is 1.97. The van der Waals surface area contributed by atoms with Gasteiger partial charge in [-0.05, 0) is 18.6 Å². The SMILES string of the molecule is CCC(C#N)S(=O)(=O)NCc1ccc(Cl)s1. The predicted octanol–water partition coefficient (Wildman–Crippen LogP) is 2.12. The van der Waals surface area contributed by atoms with Crippen molar-refractivity contribution < 1.29 is 8.42 Å². The van der Waals surface area contributed by atoms with Gasteiger partial charge in [0.15, 0.2) is 5.25 Å². The van der Waals surface area contributed by atoms with E-state index in [-0.39, 0.29) is 13.0 Å². The minimum Gasteiger partial charge on any atom is -0.211 e. The Labute approximate surface area is 104 Å². The summed E-state index contributed by atoms with van der Waals surface area (Å²) in [4.78, 5) is 0.821. The summed E-state index contributed by atoms with van der Waals surface area (Å²) in [6, 6.07) is 5.22. The Morgan fingerprint density at radius 3 is 2.75 bits per heavy atom. The van der Waals surface area contributed by atoms with E-state index in [1.807, 2.05) is 0 Å². The summed E-state index contributed by atoms with van der Waals surface area (Å²) in [6.07, 6.45) is 0.275. The molecule has 88 valence electrons. The van der Waals surface area contributed by atoms with Crippen LogP contribution in [0.5, 0.6) is 0 Å². The van der Waals surface area contributed by atoms with E-state index in [4.69, 9.17) is 16.9 Å². The second-order valence-electron chi connectivity index (χ2n) is 3.10. The van der Waals surface area contributed by atoms with Crippen LogP contribution in [0.4, 0.5) is 0 Å². The van der Waals surface area contributed by atoms with Gasteiger partial charge in [-0.15, -0.1) is 11.3 Å². The lowest BCUT2D eigenvalue weighted by molar-refractivity contribution is 0.573. The van der Waals surface area contributed by atoms with E-state index in [9.17, 15) is 8.42 Å². The van der Waals surface area contributed by atoms with Gasteiger partial charge in [-0.2, -0.15) is 5.26 Å². The maximum Gasteiger partial charge on any atom is 0.228 e. The van der Waals surface area contributed by atoms with Gasteiger partial charge >= 0.3 is 0 Å². The van der Waals surface area contributed by atoms with E-state index in [0.717, 1.165) is 4.88 Å². The smallest absolute Gasteiger partial charge is 0.211 e. The topological polar surface area (TPSA) is 70.0 Å². The summed E-state index contributed by atoms with van der Waals surface area (Å²) in [5.41, 5.74) is 0. The number of hydrogen-bond donors (Lipinski definition) is 1. The van der Waals surface area contributed by atoms with Crippen molar-refractivity contribution in [2.24, 2.45) is 0 Å². The van der Waals surface area contributed by atoms with Crippen molar-refractivity contribution in [1.82, 2.24) is 4.72 Å². The van der Waals surface area contributed by atoms with E-state index in [2.05, 4.69) is 4.72 Å². The number of rotatable bonds is 5. The lowest BCUT2D eigenvalue weighted by atomic mass is 10.4. The summed E-state index contributed by atoms with van der Waals surface area (Å²) >= 11 is 7.03.